The van der Waals surface area contributed by atoms with Crippen molar-refractivity contribution in [3.63, 3.8) is 0 Å². The van der Waals surface area contributed by atoms with Crippen LogP contribution in [0, 0.1) is 17.2 Å². The van der Waals surface area contributed by atoms with E-state index in [-0.39, 0.29) is 5.92 Å². The van der Waals surface area contributed by atoms with Crippen molar-refractivity contribution in [2.24, 2.45) is 5.92 Å². The minimum atomic E-state index is -1.06. The highest BCUT2D eigenvalue weighted by Gasteiger charge is 2.23. The number of aliphatic carboxylic acids is 1. The molecule has 6 heteroatoms. The smallest absolute Gasteiger partial charge is 0.326 e. The standard InChI is InChI=1S/C15H19N3O3/c1-10(2)7-13(14(19)20)17-15(21)18(3)12-6-4-5-11(8-12)9-16/h4-6,8,10,13H,7H2,1-3H3,(H,17,21)(H,19,20)/t13-/m0/s1. The van der Waals surface area contributed by atoms with Crippen molar-refractivity contribution in [1.82, 2.24) is 5.32 Å². The molecule has 1 rings (SSSR count). The molecule has 0 heterocycles. The van der Waals surface area contributed by atoms with Crippen LogP contribution in [0.2, 0.25) is 0 Å². The van der Waals surface area contributed by atoms with Crippen molar-refractivity contribution < 1.29 is 14.7 Å². The highest BCUT2D eigenvalue weighted by Crippen LogP contribution is 2.15. The molecule has 0 aliphatic heterocycles. The van der Waals surface area contributed by atoms with Crippen LogP contribution in [0.15, 0.2) is 24.3 Å². The third-order valence-corrected chi connectivity index (χ3v) is 2.97. The van der Waals surface area contributed by atoms with E-state index in [9.17, 15) is 9.59 Å². The fourth-order valence-electron chi connectivity index (χ4n) is 1.84. The summed E-state index contributed by atoms with van der Waals surface area (Å²) in [6, 6.07) is 7.09. The largest absolute Gasteiger partial charge is 0.480 e. The third-order valence-electron chi connectivity index (χ3n) is 2.97. The van der Waals surface area contributed by atoms with Gasteiger partial charge in [-0.25, -0.2) is 9.59 Å². The number of nitriles is 1. The summed E-state index contributed by atoms with van der Waals surface area (Å²) in [6.07, 6.45) is 0.354. The van der Waals surface area contributed by atoms with Crippen LogP contribution < -0.4 is 10.2 Å². The minimum absolute atomic E-state index is 0.152. The highest BCUT2D eigenvalue weighted by molar-refractivity contribution is 5.94. The number of amides is 2. The second-order valence-corrected chi connectivity index (χ2v) is 5.19. The number of anilines is 1. The van der Waals surface area contributed by atoms with E-state index in [0.717, 1.165) is 0 Å². The number of carbonyl (C=O) groups excluding carboxylic acids is 1. The van der Waals surface area contributed by atoms with Gasteiger partial charge in [0.05, 0.1) is 11.6 Å². The number of hydrogen-bond donors (Lipinski definition) is 2. The molecule has 0 bridgehead atoms. The van der Waals surface area contributed by atoms with E-state index in [1.54, 1.807) is 24.3 Å². The fraction of sp³-hybridized carbons (Fsp3) is 0.400. The lowest BCUT2D eigenvalue weighted by Crippen LogP contribution is -2.47. The zero-order valence-electron chi connectivity index (χ0n) is 12.3. The molecule has 0 aromatic heterocycles. The molecule has 0 saturated carbocycles. The molecule has 21 heavy (non-hydrogen) atoms. The molecule has 0 fully saturated rings. The van der Waals surface area contributed by atoms with Crippen molar-refractivity contribution in [2.45, 2.75) is 26.3 Å². The molecular formula is C15H19N3O3. The SMILES string of the molecule is CC(C)C[C@H](NC(=O)N(C)c1cccc(C#N)c1)C(=O)O. The van der Waals surface area contributed by atoms with Crippen LogP contribution in [-0.4, -0.2) is 30.2 Å². The molecule has 1 aromatic rings. The van der Waals surface area contributed by atoms with Crippen molar-refractivity contribution >= 4 is 17.7 Å². The maximum absolute atomic E-state index is 12.1. The predicted molar refractivity (Wildman–Crippen MR) is 79.0 cm³/mol. The predicted octanol–water partition coefficient (Wildman–Crippen LogP) is 2.20. The van der Waals surface area contributed by atoms with Gasteiger partial charge in [-0.15, -0.1) is 0 Å². The van der Waals surface area contributed by atoms with Gasteiger partial charge >= 0.3 is 12.0 Å². The number of nitrogens with zero attached hydrogens (tertiary/aromatic N) is 2. The zero-order chi connectivity index (χ0) is 16.0. The van der Waals surface area contributed by atoms with Crippen molar-refractivity contribution in [1.29, 1.82) is 5.26 Å². The Hall–Kier alpha value is -2.55. The van der Waals surface area contributed by atoms with Crippen LogP contribution in [0.5, 0.6) is 0 Å². The first-order chi connectivity index (χ1) is 9.85. The number of rotatable bonds is 5. The second kappa shape index (κ2) is 7.29. The number of carboxylic acids is 1. The maximum Gasteiger partial charge on any atom is 0.326 e. The Morgan fingerprint density at radius 1 is 1.43 bits per heavy atom. The molecule has 2 N–H and O–H groups in total. The summed E-state index contributed by atoms with van der Waals surface area (Å²) in [7, 11) is 1.53. The lowest BCUT2D eigenvalue weighted by molar-refractivity contribution is -0.139. The average molecular weight is 289 g/mol. The van der Waals surface area contributed by atoms with E-state index in [1.165, 1.54) is 11.9 Å². The number of urea groups is 1. The number of nitrogens with one attached hydrogen (secondary N) is 1. The lowest BCUT2D eigenvalue weighted by Gasteiger charge is -2.22. The van der Waals surface area contributed by atoms with Gasteiger partial charge in [0.15, 0.2) is 0 Å². The molecule has 0 radical (unpaired) electrons. The second-order valence-electron chi connectivity index (χ2n) is 5.19. The van der Waals surface area contributed by atoms with Crippen LogP contribution in [-0.2, 0) is 4.79 Å². The Morgan fingerprint density at radius 2 is 2.10 bits per heavy atom. The average Bonchev–Trinajstić information content (AvgIpc) is 2.45. The van der Waals surface area contributed by atoms with E-state index < -0.39 is 18.0 Å². The molecule has 112 valence electrons. The van der Waals surface area contributed by atoms with Crippen LogP contribution in [0.3, 0.4) is 0 Å². The van der Waals surface area contributed by atoms with Gasteiger partial charge in [0.2, 0.25) is 0 Å². The molecule has 1 aromatic carbocycles. The Kier molecular flexibility index (Phi) is 5.73. The molecule has 0 unspecified atom stereocenters. The molecule has 0 aliphatic rings. The Balaban J connectivity index is 2.81. The number of carbonyl (C=O) groups is 2. The van der Waals surface area contributed by atoms with E-state index in [1.807, 2.05) is 19.9 Å². The Bertz CT molecular complexity index is 564. The fourth-order valence-corrected chi connectivity index (χ4v) is 1.84. The minimum Gasteiger partial charge on any atom is -0.480 e. The highest BCUT2D eigenvalue weighted by atomic mass is 16.4. The van der Waals surface area contributed by atoms with Crippen LogP contribution in [0.1, 0.15) is 25.8 Å². The first-order valence-electron chi connectivity index (χ1n) is 6.62. The maximum atomic E-state index is 12.1. The molecule has 0 spiro atoms. The Labute approximate surface area is 124 Å². The van der Waals surface area contributed by atoms with Gasteiger partial charge in [0.1, 0.15) is 6.04 Å². The summed E-state index contributed by atoms with van der Waals surface area (Å²) in [5.41, 5.74) is 0.962. The van der Waals surface area contributed by atoms with E-state index in [2.05, 4.69) is 5.32 Å². The summed E-state index contributed by atoms with van der Waals surface area (Å²) in [5, 5.41) is 20.5. The van der Waals surface area contributed by atoms with Gasteiger partial charge in [0, 0.05) is 12.7 Å². The topological polar surface area (TPSA) is 93.4 Å². The normalized spacial score (nSPS) is 11.6. The lowest BCUT2D eigenvalue weighted by atomic mass is 10.0. The van der Waals surface area contributed by atoms with E-state index in [0.29, 0.717) is 17.7 Å². The number of benzene rings is 1. The van der Waals surface area contributed by atoms with Gasteiger partial charge in [0.25, 0.3) is 0 Å². The van der Waals surface area contributed by atoms with Gasteiger partial charge in [-0.1, -0.05) is 19.9 Å². The zero-order valence-corrected chi connectivity index (χ0v) is 12.3. The molecule has 1 atom stereocenters. The van der Waals surface area contributed by atoms with Crippen molar-refractivity contribution in [2.75, 3.05) is 11.9 Å². The van der Waals surface area contributed by atoms with Gasteiger partial charge in [-0.2, -0.15) is 5.26 Å². The van der Waals surface area contributed by atoms with Crippen LogP contribution in [0.4, 0.5) is 10.5 Å². The van der Waals surface area contributed by atoms with Crippen LogP contribution in [0.25, 0.3) is 0 Å². The van der Waals surface area contributed by atoms with Gasteiger partial charge < -0.3 is 10.4 Å². The molecule has 0 saturated heterocycles. The quantitative estimate of drug-likeness (QED) is 0.869. The molecule has 0 aliphatic carbocycles. The van der Waals surface area contributed by atoms with E-state index >= 15 is 0 Å². The van der Waals surface area contributed by atoms with Crippen molar-refractivity contribution in [3.8, 4) is 6.07 Å². The summed E-state index contributed by atoms with van der Waals surface area (Å²) < 4.78 is 0. The summed E-state index contributed by atoms with van der Waals surface area (Å²) in [6.45, 7) is 3.78. The number of hydrogen-bond acceptors (Lipinski definition) is 3. The molecule has 2 amide bonds. The summed E-state index contributed by atoms with van der Waals surface area (Å²) >= 11 is 0. The van der Waals surface area contributed by atoms with E-state index in [4.69, 9.17) is 10.4 Å². The molecular weight excluding hydrogens is 270 g/mol. The van der Waals surface area contributed by atoms with Crippen LogP contribution >= 0.6 is 0 Å². The van der Waals surface area contributed by atoms with Gasteiger partial charge in [-0.05, 0) is 30.5 Å². The van der Waals surface area contributed by atoms with Gasteiger partial charge in [-0.3, -0.25) is 4.90 Å². The first-order valence-corrected chi connectivity index (χ1v) is 6.62. The Morgan fingerprint density at radius 3 is 2.62 bits per heavy atom. The summed E-state index contributed by atoms with van der Waals surface area (Å²) in [5.74, 6) is -0.908. The molecule has 6 nitrogen and oxygen atoms in total. The first kappa shape index (κ1) is 16.5. The number of carboxylic acid groups (broad SMARTS) is 1. The summed E-state index contributed by atoms with van der Waals surface area (Å²) in [4.78, 5) is 24.6. The van der Waals surface area contributed by atoms with Crippen molar-refractivity contribution in [3.05, 3.63) is 29.8 Å². The third kappa shape index (κ3) is 4.80. The monoisotopic (exact) mass is 289 g/mol.